The lowest BCUT2D eigenvalue weighted by atomic mass is 10.1. The third kappa shape index (κ3) is 2.65. The average Bonchev–Trinajstić information content (AvgIpc) is 2.30. The van der Waals surface area contributed by atoms with E-state index >= 15 is 0 Å². The molecule has 1 aromatic carbocycles. The van der Waals surface area contributed by atoms with Crippen molar-refractivity contribution in [3.05, 3.63) is 52.1 Å². The van der Waals surface area contributed by atoms with E-state index in [-0.39, 0.29) is 22.8 Å². The van der Waals surface area contributed by atoms with Crippen LogP contribution in [0.4, 0.5) is 5.69 Å². The monoisotopic (exact) mass is 259 g/mol. The van der Waals surface area contributed by atoms with Gasteiger partial charge < -0.3 is 14.6 Å². The summed E-state index contributed by atoms with van der Waals surface area (Å²) in [6.45, 7) is 3.13. The number of rotatable bonds is 2. The van der Waals surface area contributed by atoms with Crippen molar-refractivity contribution in [2.45, 2.75) is 13.8 Å². The highest BCUT2D eigenvalue weighted by Crippen LogP contribution is 2.26. The first-order chi connectivity index (χ1) is 8.99. The number of aromatic hydroxyl groups is 2. The highest BCUT2D eigenvalue weighted by atomic mass is 16.4. The molecule has 0 atom stereocenters. The van der Waals surface area contributed by atoms with Crippen LogP contribution in [0.15, 0.2) is 44.5 Å². The van der Waals surface area contributed by atoms with E-state index in [1.165, 1.54) is 12.1 Å². The third-order valence-electron chi connectivity index (χ3n) is 2.59. The summed E-state index contributed by atoms with van der Waals surface area (Å²) in [4.78, 5) is 15.8. The second kappa shape index (κ2) is 4.97. The Morgan fingerprint density at radius 1 is 1.21 bits per heavy atom. The standard InChI is InChI=1S/C14H13NO4/c1-8-7-12(17)13(14(18)19-8)9(2)15-10-5-3-4-6-11(10)16/h3-7,16-17H,1-2H3. The highest BCUT2D eigenvalue weighted by molar-refractivity contribution is 6.02. The molecular weight excluding hydrogens is 246 g/mol. The molecular formula is C14H13NO4. The van der Waals surface area contributed by atoms with Gasteiger partial charge in [0, 0.05) is 6.07 Å². The minimum Gasteiger partial charge on any atom is -0.507 e. The molecule has 5 heteroatoms. The summed E-state index contributed by atoms with van der Waals surface area (Å²) in [5.41, 5.74) is -0.0739. The fourth-order valence-electron chi connectivity index (χ4n) is 1.72. The minimum absolute atomic E-state index is 0.00200. The molecule has 0 saturated carbocycles. The first-order valence-electron chi connectivity index (χ1n) is 5.66. The fraction of sp³-hybridized carbons (Fsp3) is 0.143. The fourth-order valence-corrected chi connectivity index (χ4v) is 1.72. The maximum absolute atomic E-state index is 11.7. The van der Waals surface area contributed by atoms with Crippen molar-refractivity contribution in [3.63, 3.8) is 0 Å². The number of phenols is 1. The average molecular weight is 259 g/mol. The van der Waals surface area contributed by atoms with Gasteiger partial charge in [0.15, 0.2) is 0 Å². The Balaban J connectivity index is 2.54. The molecule has 2 aromatic rings. The molecule has 0 amide bonds. The molecule has 2 N–H and O–H groups in total. The van der Waals surface area contributed by atoms with Crippen LogP contribution in [0.1, 0.15) is 18.2 Å². The van der Waals surface area contributed by atoms with Crippen molar-refractivity contribution >= 4 is 11.4 Å². The molecule has 19 heavy (non-hydrogen) atoms. The van der Waals surface area contributed by atoms with E-state index in [2.05, 4.69) is 4.99 Å². The van der Waals surface area contributed by atoms with Crippen LogP contribution < -0.4 is 5.63 Å². The van der Waals surface area contributed by atoms with E-state index in [0.717, 1.165) is 0 Å². The molecule has 0 spiro atoms. The van der Waals surface area contributed by atoms with Crippen LogP contribution in [0, 0.1) is 6.92 Å². The van der Waals surface area contributed by atoms with Crippen molar-refractivity contribution in [1.29, 1.82) is 0 Å². The highest BCUT2D eigenvalue weighted by Gasteiger charge is 2.13. The van der Waals surface area contributed by atoms with Gasteiger partial charge in [-0.2, -0.15) is 0 Å². The van der Waals surface area contributed by atoms with E-state index < -0.39 is 5.63 Å². The zero-order valence-corrected chi connectivity index (χ0v) is 10.5. The summed E-state index contributed by atoms with van der Waals surface area (Å²) in [7, 11) is 0. The van der Waals surface area contributed by atoms with Crippen molar-refractivity contribution in [1.82, 2.24) is 0 Å². The lowest BCUT2D eigenvalue weighted by molar-refractivity contribution is 0.432. The van der Waals surface area contributed by atoms with E-state index in [0.29, 0.717) is 11.4 Å². The number of hydrogen-bond donors (Lipinski definition) is 2. The minimum atomic E-state index is -0.658. The molecule has 1 aromatic heterocycles. The van der Waals surface area contributed by atoms with Crippen LogP contribution in [0.25, 0.3) is 0 Å². The first kappa shape index (κ1) is 12.9. The Kier molecular flexibility index (Phi) is 3.37. The SMILES string of the molecule is CC(=Nc1ccccc1O)c1c(O)cc(C)oc1=O. The zero-order valence-electron chi connectivity index (χ0n) is 10.5. The van der Waals surface area contributed by atoms with Crippen LogP contribution in [-0.2, 0) is 0 Å². The molecule has 0 fully saturated rings. The van der Waals surface area contributed by atoms with Crippen LogP contribution in [0.5, 0.6) is 11.5 Å². The number of hydrogen-bond acceptors (Lipinski definition) is 5. The summed E-state index contributed by atoms with van der Waals surface area (Å²) in [5, 5.41) is 19.4. The van der Waals surface area contributed by atoms with Gasteiger partial charge in [0.05, 0.1) is 5.71 Å². The largest absolute Gasteiger partial charge is 0.507 e. The number of nitrogens with zero attached hydrogens (tertiary/aromatic N) is 1. The van der Waals surface area contributed by atoms with Crippen molar-refractivity contribution < 1.29 is 14.6 Å². The number of aryl methyl sites for hydroxylation is 1. The molecule has 0 saturated heterocycles. The topological polar surface area (TPSA) is 83.0 Å². The van der Waals surface area contributed by atoms with Crippen molar-refractivity contribution in [2.24, 2.45) is 4.99 Å². The van der Waals surface area contributed by atoms with Gasteiger partial charge in [-0.1, -0.05) is 12.1 Å². The molecule has 0 unspecified atom stereocenters. The zero-order chi connectivity index (χ0) is 14.0. The van der Waals surface area contributed by atoms with Gasteiger partial charge in [-0.15, -0.1) is 0 Å². The summed E-state index contributed by atoms with van der Waals surface area (Å²) in [6.07, 6.45) is 0. The summed E-state index contributed by atoms with van der Waals surface area (Å²) in [6, 6.07) is 7.82. The van der Waals surface area contributed by atoms with Crippen LogP contribution >= 0.6 is 0 Å². The molecule has 5 nitrogen and oxygen atoms in total. The number of aliphatic imine (C=N–C) groups is 1. The van der Waals surface area contributed by atoms with Gasteiger partial charge in [0.2, 0.25) is 0 Å². The van der Waals surface area contributed by atoms with Gasteiger partial charge in [-0.05, 0) is 26.0 Å². The quantitative estimate of drug-likeness (QED) is 0.812. The van der Waals surface area contributed by atoms with Gasteiger partial charge in [0.25, 0.3) is 0 Å². The summed E-state index contributed by atoms with van der Waals surface area (Å²) < 4.78 is 4.92. The van der Waals surface area contributed by atoms with Crippen LogP contribution in [0.3, 0.4) is 0 Å². The predicted molar refractivity (Wildman–Crippen MR) is 71.4 cm³/mol. The Labute approximate surface area is 109 Å². The van der Waals surface area contributed by atoms with Crippen molar-refractivity contribution in [2.75, 3.05) is 0 Å². The third-order valence-corrected chi connectivity index (χ3v) is 2.59. The molecule has 0 bridgehead atoms. The molecule has 0 aliphatic heterocycles. The Morgan fingerprint density at radius 3 is 2.53 bits per heavy atom. The van der Waals surface area contributed by atoms with Gasteiger partial charge in [0.1, 0.15) is 28.5 Å². The number of para-hydroxylation sites is 2. The van der Waals surface area contributed by atoms with E-state index in [4.69, 9.17) is 4.42 Å². The predicted octanol–water partition coefficient (Wildman–Crippen LogP) is 2.50. The van der Waals surface area contributed by atoms with Crippen molar-refractivity contribution in [3.8, 4) is 11.5 Å². The molecule has 2 rings (SSSR count). The maximum atomic E-state index is 11.7. The lowest BCUT2D eigenvalue weighted by Gasteiger charge is -2.04. The summed E-state index contributed by atoms with van der Waals surface area (Å²) >= 11 is 0. The second-order valence-corrected chi connectivity index (χ2v) is 4.09. The maximum Gasteiger partial charge on any atom is 0.348 e. The number of phenolic OH excluding ortho intramolecular Hbond substituents is 1. The van der Waals surface area contributed by atoms with Gasteiger partial charge >= 0.3 is 5.63 Å². The molecule has 0 radical (unpaired) electrons. The second-order valence-electron chi connectivity index (χ2n) is 4.09. The van der Waals surface area contributed by atoms with E-state index in [9.17, 15) is 15.0 Å². The van der Waals surface area contributed by atoms with Crippen LogP contribution in [0.2, 0.25) is 0 Å². The van der Waals surface area contributed by atoms with E-state index in [1.807, 2.05) is 0 Å². The smallest absolute Gasteiger partial charge is 0.348 e. The van der Waals surface area contributed by atoms with Gasteiger partial charge in [-0.25, -0.2) is 9.79 Å². The molecule has 1 heterocycles. The Hall–Kier alpha value is -2.56. The molecule has 0 aliphatic carbocycles. The van der Waals surface area contributed by atoms with Crippen LogP contribution in [-0.4, -0.2) is 15.9 Å². The summed E-state index contributed by atoms with van der Waals surface area (Å²) in [5.74, 6) is 0.130. The number of benzene rings is 1. The Bertz CT molecular complexity index is 701. The Morgan fingerprint density at radius 2 is 1.89 bits per heavy atom. The van der Waals surface area contributed by atoms with E-state index in [1.54, 1.807) is 32.0 Å². The normalized spacial score (nSPS) is 11.6. The lowest BCUT2D eigenvalue weighted by Crippen LogP contribution is -2.12. The first-order valence-corrected chi connectivity index (χ1v) is 5.66. The van der Waals surface area contributed by atoms with Gasteiger partial charge in [-0.3, -0.25) is 0 Å². The molecule has 0 aliphatic rings. The molecule has 98 valence electrons.